The van der Waals surface area contributed by atoms with Crippen LogP contribution in [-0.4, -0.2) is 49.1 Å². The second-order valence-electron chi connectivity index (χ2n) is 6.38. The van der Waals surface area contributed by atoms with E-state index < -0.39 is 0 Å². The van der Waals surface area contributed by atoms with Gasteiger partial charge in [0, 0.05) is 13.1 Å². The van der Waals surface area contributed by atoms with Crippen LogP contribution in [0.15, 0.2) is 41.3 Å². The molecule has 164 valence electrons. The Balaban J connectivity index is 1.70. The van der Waals surface area contributed by atoms with Crippen molar-refractivity contribution in [2.45, 2.75) is 6.92 Å². The molecule has 1 amide bonds. The molecule has 0 radical (unpaired) electrons. The van der Waals surface area contributed by atoms with Crippen molar-refractivity contribution in [2.24, 2.45) is 0 Å². The minimum absolute atomic E-state index is 0.140. The summed E-state index contributed by atoms with van der Waals surface area (Å²) in [7, 11) is 3.26. The second-order valence-corrected chi connectivity index (χ2v) is 8.46. The summed E-state index contributed by atoms with van der Waals surface area (Å²) in [5, 5.41) is 0.380. The molecule has 0 aliphatic carbocycles. The van der Waals surface area contributed by atoms with Crippen LogP contribution in [0.2, 0.25) is 5.02 Å². The van der Waals surface area contributed by atoms with Gasteiger partial charge in [0.15, 0.2) is 11.5 Å². The lowest BCUT2D eigenvalue weighted by molar-refractivity contribution is -0.121. The Labute approximate surface area is 196 Å². The monoisotopic (exact) mass is 479 g/mol. The first kappa shape index (κ1) is 23.2. The summed E-state index contributed by atoms with van der Waals surface area (Å²) < 4.78 is 23.0. The Morgan fingerprint density at radius 1 is 1.13 bits per heavy atom. The van der Waals surface area contributed by atoms with Crippen LogP contribution in [0.25, 0.3) is 6.08 Å². The van der Waals surface area contributed by atoms with Gasteiger partial charge >= 0.3 is 0 Å². The van der Waals surface area contributed by atoms with E-state index in [2.05, 4.69) is 0 Å². The summed E-state index contributed by atoms with van der Waals surface area (Å²) in [5.41, 5.74) is 0.724. The smallest absolute Gasteiger partial charge is 0.265 e. The van der Waals surface area contributed by atoms with E-state index in [1.165, 1.54) is 16.7 Å². The van der Waals surface area contributed by atoms with Gasteiger partial charge < -0.3 is 18.9 Å². The standard InChI is InChI=1S/C22H22ClNO5S2/c1-4-27-18-11-14(12-19-21(25)24(2)22(30)31-19)10-17(23)20(18)29-9-8-28-16-7-5-6-15(13-16)26-3/h5-7,10-13H,4,8-9H2,1-3H3/b19-12-. The van der Waals surface area contributed by atoms with Gasteiger partial charge in [0.1, 0.15) is 29.0 Å². The van der Waals surface area contributed by atoms with E-state index in [1.807, 2.05) is 25.1 Å². The number of amides is 1. The minimum Gasteiger partial charge on any atom is -0.497 e. The Kier molecular flexibility index (Phi) is 8.06. The molecular formula is C22H22ClNO5S2. The zero-order valence-electron chi connectivity index (χ0n) is 17.3. The topological polar surface area (TPSA) is 57.2 Å². The van der Waals surface area contributed by atoms with Crippen LogP contribution in [0.4, 0.5) is 0 Å². The van der Waals surface area contributed by atoms with Gasteiger partial charge in [-0.05, 0) is 42.8 Å². The molecule has 2 aromatic carbocycles. The van der Waals surface area contributed by atoms with Crippen molar-refractivity contribution in [2.75, 3.05) is 34.0 Å². The fraction of sp³-hybridized carbons (Fsp3) is 0.273. The van der Waals surface area contributed by atoms with E-state index in [1.54, 1.807) is 38.4 Å². The number of likely N-dealkylation sites (N-methyl/N-ethyl adjacent to an activating group) is 1. The minimum atomic E-state index is -0.140. The highest BCUT2D eigenvalue weighted by Crippen LogP contribution is 2.39. The molecule has 0 aromatic heterocycles. The molecule has 9 heteroatoms. The van der Waals surface area contributed by atoms with E-state index >= 15 is 0 Å². The zero-order chi connectivity index (χ0) is 22.4. The van der Waals surface area contributed by atoms with Crippen LogP contribution < -0.4 is 18.9 Å². The first-order chi connectivity index (χ1) is 14.9. The van der Waals surface area contributed by atoms with Gasteiger partial charge in [0.05, 0.1) is 23.6 Å². The summed E-state index contributed by atoms with van der Waals surface area (Å²) >= 11 is 12.9. The number of benzene rings is 2. The van der Waals surface area contributed by atoms with E-state index in [0.29, 0.717) is 44.7 Å². The Hall–Kier alpha value is -2.42. The summed E-state index contributed by atoms with van der Waals surface area (Å²) in [6.45, 7) is 2.90. The maximum absolute atomic E-state index is 12.3. The number of thiocarbonyl (C=S) groups is 1. The van der Waals surface area contributed by atoms with Crippen molar-refractivity contribution < 1.29 is 23.7 Å². The molecule has 0 spiro atoms. The largest absolute Gasteiger partial charge is 0.497 e. The molecule has 1 fully saturated rings. The highest BCUT2D eigenvalue weighted by Gasteiger charge is 2.28. The van der Waals surface area contributed by atoms with Gasteiger partial charge in [0.25, 0.3) is 5.91 Å². The number of thioether (sulfide) groups is 1. The number of halogens is 1. The van der Waals surface area contributed by atoms with Crippen molar-refractivity contribution in [1.29, 1.82) is 0 Å². The normalized spacial score (nSPS) is 14.8. The summed E-state index contributed by atoms with van der Waals surface area (Å²) in [4.78, 5) is 14.2. The van der Waals surface area contributed by atoms with E-state index in [9.17, 15) is 4.79 Å². The number of nitrogens with zero attached hydrogens (tertiary/aromatic N) is 1. The average Bonchev–Trinajstić information content (AvgIpc) is 2.99. The number of methoxy groups -OCH3 is 1. The van der Waals surface area contributed by atoms with Crippen LogP contribution in [0.3, 0.4) is 0 Å². The number of rotatable bonds is 9. The molecular weight excluding hydrogens is 458 g/mol. The van der Waals surface area contributed by atoms with Crippen molar-refractivity contribution in [1.82, 2.24) is 4.90 Å². The molecule has 0 bridgehead atoms. The maximum atomic E-state index is 12.3. The van der Waals surface area contributed by atoms with Crippen LogP contribution in [0, 0.1) is 0 Å². The van der Waals surface area contributed by atoms with Crippen LogP contribution in [-0.2, 0) is 4.79 Å². The van der Waals surface area contributed by atoms with E-state index in [0.717, 1.165) is 11.3 Å². The van der Waals surface area contributed by atoms with Gasteiger partial charge in [-0.15, -0.1) is 0 Å². The fourth-order valence-electron chi connectivity index (χ4n) is 2.77. The SMILES string of the molecule is CCOc1cc(/C=C2\SC(=S)N(C)C2=O)cc(Cl)c1OCCOc1cccc(OC)c1. The average molecular weight is 480 g/mol. The molecule has 1 heterocycles. The lowest BCUT2D eigenvalue weighted by Crippen LogP contribution is -2.22. The molecule has 31 heavy (non-hydrogen) atoms. The predicted molar refractivity (Wildman–Crippen MR) is 128 cm³/mol. The van der Waals surface area contributed by atoms with Crippen LogP contribution in [0.5, 0.6) is 23.0 Å². The Morgan fingerprint density at radius 2 is 1.87 bits per heavy atom. The van der Waals surface area contributed by atoms with Crippen LogP contribution >= 0.6 is 35.6 Å². The molecule has 0 N–H and O–H groups in total. The second kappa shape index (κ2) is 10.7. The molecule has 0 saturated carbocycles. The molecule has 1 saturated heterocycles. The number of carbonyl (C=O) groups is 1. The van der Waals surface area contributed by atoms with Gasteiger partial charge in [0.2, 0.25) is 0 Å². The highest BCUT2D eigenvalue weighted by molar-refractivity contribution is 8.26. The zero-order valence-corrected chi connectivity index (χ0v) is 19.7. The lowest BCUT2D eigenvalue weighted by Gasteiger charge is -2.15. The number of carbonyl (C=O) groups excluding carboxylic acids is 1. The van der Waals surface area contributed by atoms with E-state index in [-0.39, 0.29) is 12.5 Å². The Bertz CT molecular complexity index is 1010. The van der Waals surface area contributed by atoms with Crippen molar-refractivity contribution in [3.8, 4) is 23.0 Å². The quantitative estimate of drug-likeness (QED) is 0.284. The first-order valence-corrected chi connectivity index (χ1v) is 11.1. The van der Waals surface area contributed by atoms with Crippen molar-refractivity contribution in [3.63, 3.8) is 0 Å². The number of hydrogen-bond acceptors (Lipinski definition) is 7. The third-order valence-electron chi connectivity index (χ3n) is 4.26. The van der Waals surface area contributed by atoms with E-state index in [4.69, 9.17) is 42.8 Å². The third-order valence-corrected chi connectivity index (χ3v) is 6.02. The van der Waals surface area contributed by atoms with Crippen LogP contribution in [0.1, 0.15) is 12.5 Å². The first-order valence-electron chi connectivity index (χ1n) is 9.50. The third kappa shape index (κ3) is 5.84. The van der Waals surface area contributed by atoms with Crippen molar-refractivity contribution in [3.05, 3.63) is 51.9 Å². The molecule has 0 atom stereocenters. The van der Waals surface area contributed by atoms with Gasteiger partial charge in [-0.1, -0.05) is 41.6 Å². The number of ether oxygens (including phenoxy) is 4. The molecule has 2 aromatic rings. The Morgan fingerprint density at radius 3 is 2.55 bits per heavy atom. The molecule has 1 aliphatic rings. The summed E-state index contributed by atoms with van der Waals surface area (Å²) in [6, 6.07) is 10.9. The van der Waals surface area contributed by atoms with Gasteiger partial charge in [-0.2, -0.15) is 0 Å². The molecule has 1 aliphatic heterocycles. The fourth-order valence-corrected chi connectivity index (χ4v) is 4.22. The predicted octanol–water partition coefficient (Wildman–Crippen LogP) is 5.04. The van der Waals surface area contributed by atoms with Gasteiger partial charge in [-0.25, -0.2) is 0 Å². The molecule has 6 nitrogen and oxygen atoms in total. The van der Waals surface area contributed by atoms with Gasteiger partial charge in [-0.3, -0.25) is 9.69 Å². The molecule has 3 rings (SSSR count). The summed E-state index contributed by atoms with van der Waals surface area (Å²) in [5.74, 6) is 2.19. The number of hydrogen-bond donors (Lipinski definition) is 0. The summed E-state index contributed by atoms with van der Waals surface area (Å²) in [6.07, 6.45) is 1.74. The molecule has 0 unspecified atom stereocenters. The lowest BCUT2D eigenvalue weighted by atomic mass is 10.1. The van der Waals surface area contributed by atoms with Crippen molar-refractivity contribution >= 4 is 51.9 Å². The maximum Gasteiger partial charge on any atom is 0.265 e. The highest BCUT2D eigenvalue weighted by atomic mass is 35.5.